The molecule has 7 heteroatoms. The van der Waals surface area contributed by atoms with Gasteiger partial charge >= 0.3 is 5.97 Å². The predicted molar refractivity (Wildman–Crippen MR) is 86.3 cm³/mol. The van der Waals surface area contributed by atoms with Gasteiger partial charge in [-0.1, -0.05) is 6.07 Å². The Kier molecular flexibility index (Phi) is 5.44. The zero-order valence-electron chi connectivity index (χ0n) is 13.1. The van der Waals surface area contributed by atoms with Crippen molar-refractivity contribution >= 4 is 28.9 Å². The SMILES string of the molecule is COC(=O)CCN(C(=O)c1nc(C)sc1C)c1cccc(F)c1. The van der Waals surface area contributed by atoms with Gasteiger partial charge < -0.3 is 9.64 Å². The molecule has 1 heterocycles. The van der Waals surface area contributed by atoms with Crippen LogP contribution in [0, 0.1) is 19.7 Å². The van der Waals surface area contributed by atoms with Crippen molar-refractivity contribution in [3.05, 3.63) is 45.7 Å². The van der Waals surface area contributed by atoms with Crippen LogP contribution >= 0.6 is 11.3 Å². The number of halogens is 1. The van der Waals surface area contributed by atoms with Crippen LogP contribution in [0.15, 0.2) is 24.3 Å². The molecule has 0 N–H and O–H groups in total. The van der Waals surface area contributed by atoms with E-state index >= 15 is 0 Å². The second-order valence-electron chi connectivity index (χ2n) is 4.90. The van der Waals surface area contributed by atoms with Gasteiger partial charge in [-0.15, -0.1) is 11.3 Å². The molecule has 0 radical (unpaired) electrons. The van der Waals surface area contributed by atoms with Crippen molar-refractivity contribution in [2.24, 2.45) is 0 Å². The lowest BCUT2D eigenvalue weighted by atomic mass is 10.2. The van der Waals surface area contributed by atoms with E-state index in [4.69, 9.17) is 0 Å². The molecular formula is C16H17FN2O3S. The van der Waals surface area contributed by atoms with E-state index in [1.54, 1.807) is 6.07 Å². The summed E-state index contributed by atoms with van der Waals surface area (Å²) >= 11 is 1.42. The first-order valence-electron chi connectivity index (χ1n) is 7.00. The van der Waals surface area contributed by atoms with E-state index in [1.165, 1.54) is 41.5 Å². The average Bonchev–Trinajstić information content (AvgIpc) is 2.85. The zero-order chi connectivity index (χ0) is 17.0. The van der Waals surface area contributed by atoms with Gasteiger partial charge in [0.15, 0.2) is 0 Å². The molecule has 0 unspecified atom stereocenters. The summed E-state index contributed by atoms with van der Waals surface area (Å²) in [5, 5.41) is 0.776. The summed E-state index contributed by atoms with van der Waals surface area (Å²) in [6.07, 6.45) is 0.0148. The molecule has 122 valence electrons. The van der Waals surface area contributed by atoms with E-state index in [-0.39, 0.29) is 18.9 Å². The number of aromatic nitrogens is 1. The third kappa shape index (κ3) is 4.13. The Hall–Kier alpha value is -2.28. The molecule has 1 aromatic carbocycles. The van der Waals surface area contributed by atoms with Gasteiger partial charge in [0, 0.05) is 17.1 Å². The lowest BCUT2D eigenvalue weighted by Gasteiger charge is -2.22. The molecule has 0 spiro atoms. The van der Waals surface area contributed by atoms with Crippen LogP contribution in [0.3, 0.4) is 0 Å². The molecule has 0 fully saturated rings. The van der Waals surface area contributed by atoms with Gasteiger partial charge in [-0.3, -0.25) is 9.59 Å². The number of methoxy groups -OCH3 is 1. The van der Waals surface area contributed by atoms with Crippen molar-refractivity contribution in [3.63, 3.8) is 0 Å². The quantitative estimate of drug-likeness (QED) is 0.787. The molecule has 2 aromatic rings. The molecule has 5 nitrogen and oxygen atoms in total. The minimum Gasteiger partial charge on any atom is -0.469 e. The van der Waals surface area contributed by atoms with Crippen LogP contribution in [0.1, 0.15) is 26.8 Å². The Morgan fingerprint density at radius 1 is 1.35 bits per heavy atom. The lowest BCUT2D eigenvalue weighted by molar-refractivity contribution is -0.140. The van der Waals surface area contributed by atoms with Crippen molar-refractivity contribution in [1.29, 1.82) is 0 Å². The first-order valence-corrected chi connectivity index (χ1v) is 7.82. The first kappa shape index (κ1) is 17.1. The molecule has 0 aliphatic carbocycles. The molecule has 0 aliphatic heterocycles. The Morgan fingerprint density at radius 3 is 2.65 bits per heavy atom. The van der Waals surface area contributed by atoms with E-state index in [1.807, 2.05) is 13.8 Å². The smallest absolute Gasteiger partial charge is 0.307 e. The molecule has 23 heavy (non-hydrogen) atoms. The van der Waals surface area contributed by atoms with Gasteiger partial charge in [-0.05, 0) is 32.0 Å². The molecule has 1 amide bonds. The highest BCUT2D eigenvalue weighted by molar-refractivity contribution is 7.11. The van der Waals surface area contributed by atoms with Crippen molar-refractivity contribution in [2.75, 3.05) is 18.6 Å². The molecule has 0 saturated heterocycles. The summed E-state index contributed by atoms with van der Waals surface area (Å²) in [5.74, 6) is -1.25. The number of nitrogens with zero attached hydrogens (tertiary/aromatic N) is 2. The maximum atomic E-state index is 13.5. The molecule has 2 rings (SSSR count). The summed E-state index contributed by atoms with van der Waals surface area (Å²) in [4.78, 5) is 30.6. The van der Waals surface area contributed by atoms with E-state index in [2.05, 4.69) is 9.72 Å². The predicted octanol–water partition coefficient (Wildman–Crippen LogP) is 3.11. The number of aryl methyl sites for hydroxylation is 2. The number of hydrogen-bond donors (Lipinski definition) is 0. The minimum absolute atomic E-state index is 0.0148. The number of hydrogen-bond acceptors (Lipinski definition) is 5. The maximum Gasteiger partial charge on any atom is 0.307 e. The third-order valence-electron chi connectivity index (χ3n) is 3.24. The third-order valence-corrected chi connectivity index (χ3v) is 4.12. The standard InChI is InChI=1S/C16H17FN2O3S/c1-10-15(18-11(2)23-10)16(21)19(8-7-14(20)22-3)13-6-4-5-12(17)9-13/h4-6,9H,7-8H2,1-3H3. The number of carbonyl (C=O) groups is 2. The highest BCUT2D eigenvalue weighted by Crippen LogP contribution is 2.23. The van der Waals surface area contributed by atoms with E-state index in [0.29, 0.717) is 11.4 Å². The number of anilines is 1. The largest absolute Gasteiger partial charge is 0.469 e. The van der Waals surface area contributed by atoms with Gasteiger partial charge in [0.1, 0.15) is 11.5 Å². The van der Waals surface area contributed by atoms with Crippen molar-refractivity contribution < 1.29 is 18.7 Å². The Bertz CT molecular complexity index is 730. The molecule has 0 saturated carbocycles. The average molecular weight is 336 g/mol. The van der Waals surface area contributed by atoms with Crippen molar-refractivity contribution in [1.82, 2.24) is 4.98 Å². The normalized spacial score (nSPS) is 10.4. The molecule has 0 aliphatic rings. The number of benzene rings is 1. The van der Waals surface area contributed by atoms with Crippen LogP contribution in [0.5, 0.6) is 0 Å². The highest BCUT2D eigenvalue weighted by Gasteiger charge is 2.23. The van der Waals surface area contributed by atoms with Gasteiger partial charge in [0.25, 0.3) is 5.91 Å². The Balaban J connectivity index is 2.34. The molecule has 1 aromatic heterocycles. The molecule has 0 atom stereocenters. The van der Waals surface area contributed by atoms with E-state index < -0.39 is 11.8 Å². The second-order valence-corrected chi connectivity index (χ2v) is 6.31. The number of carbonyl (C=O) groups excluding carboxylic acids is 2. The first-order chi connectivity index (χ1) is 10.9. The summed E-state index contributed by atoms with van der Waals surface area (Å²) < 4.78 is 18.1. The van der Waals surface area contributed by atoms with Crippen LogP contribution in [0.2, 0.25) is 0 Å². The fourth-order valence-corrected chi connectivity index (χ4v) is 2.96. The van der Waals surface area contributed by atoms with Crippen LogP contribution in [0.4, 0.5) is 10.1 Å². The van der Waals surface area contributed by atoms with Gasteiger partial charge in [0.05, 0.1) is 18.5 Å². The lowest BCUT2D eigenvalue weighted by Crippen LogP contribution is -2.34. The fourth-order valence-electron chi connectivity index (χ4n) is 2.15. The minimum atomic E-state index is -0.454. The van der Waals surface area contributed by atoms with E-state index in [9.17, 15) is 14.0 Å². The van der Waals surface area contributed by atoms with Crippen LogP contribution < -0.4 is 4.90 Å². The van der Waals surface area contributed by atoms with Gasteiger partial charge in [-0.2, -0.15) is 0 Å². The number of amides is 1. The highest BCUT2D eigenvalue weighted by atomic mass is 32.1. The number of esters is 1. The van der Waals surface area contributed by atoms with Crippen molar-refractivity contribution in [2.45, 2.75) is 20.3 Å². The molecule has 0 bridgehead atoms. The number of ether oxygens (including phenoxy) is 1. The van der Waals surface area contributed by atoms with Crippen LogP contribution in [-0.4, -0.2) is 30.5 Å². The van der Waals surface area contributed by atoms with Gasteiger partial charge in [-0.25, -0.2) is 9.37 Å². The van der Waals surface area contributed by atoms with Gasteiger partial charge in [0.2, 0.25) is 0 Å². The fraction of sp³-hybridized carbons (Fsp3) is 0.312. The monoisotopic (exact) mass is 336 g/mol. The second kappa shape index (κ2) is 7.32. The summed E-state index contributed by atoms with van der Waals surface area (Å²) in [5.41, 5.74) is 0.700. The van der Waals surface area contributed by atoms with Crippen LogP contribution in [-0.2, 0) is 9.53 Å². The number of thiazole rings is 1. The summed E-state index contributed by atoms with van der Waals surface area (Å²) in [6.45, 7) is 3.71. The number of rotatable bonds is 5. The summed E-state index contributed by atoms with van der Waals surface area (Å²) in [6, 6.07) is 5.68. The van der Waals surface area contributed by atoms with Crippen LogP contribution in [0.25, 0.3) is 0 Å². The maximum absolute atomic E-state index is 13.5. The Labute approximate surface area is 137 Å². The molecular weight excluding hydrogens is 319 g/mol. The topological polar surface area (TPSA) is 59.5 Å². The van der Waals surface area contributed by atoms with Crippen molar-refractivity contribution in [3.8, 4) is 0 Å². The summed E-state index contributed by atoms with van der Waals surface area (Å²) in [7, 11) is 1.28. The Morgan fingerprint density at radius 2 is 2.09 bits per heavy atom. The van der Waals surface area contributed by atoms with E-state index in [0.717, 1.165) is 9.88 Å². The zero-order valence-corrected chi connectivity index (χ0v) is 13.9.